The molecular formula is C19H37FN2. The average molecular weight is 313 g/mol. The van der Waals surface area contributed by atoms with Gasteiger partial charge in [0.25, 0.3) is 0 Å². The normalized spacial score (nSPS) is 16.5. The number of rotatable bonds is 11. The van der Waals surface area contributed by atoms with Gasteiger partial charge in [0.15, 0.2) is 0 Å². The molecule has 0 spiro atoms. The molecule has 0 aliphatic heterocycles. The van der Waals surface area contributed by atoms with E-state index in [0.717, 1.165) is 25.0 Å². The summed E-state index contributed by atoms with van der Waals surface area (Å²) >= 11 is 0. The molecule has 0 saturated carbocycles. The molecule has 3 heteroatoms. The van der Waals surface area contributed by atoms with E-state index in [9.17, 15) is 4.39 Å². The molecule has 0 aromatic carbocycles. The summed E-state index contributed by atoms with van der Waals surface area (Å²) in [4.78, 5) is 4.75. The van der Waals surface area contributed by atoms with Crippen LogP contribution in [0.2, 0.25) is 0 Å². The minimum Gasteiger partial charge on any atom is -0.306 e. The lowest BCUT2D eigenvalue weighted by atomic mass is 10.00. The molecule has 0 bridgehead atoms. The molecule has 0 aromatic heterocycles. The third kappa shape index (κ3) is 8.09. The van der Waals surface area contributed by atoms with E-state index in [1.54, 1.807) is 0 Å². The minimum absolute atomic E-state index is 0.361. The first-order valence-corrected chi connectivity index (χ1v) is 8.68. The number of hydrogen-bond donors (Lipinski definition) is 0. The molecule has 2 nitrogen and oxygen atoms in total. The highest BCUT2D eigenvalue weighted by Crippen LogP contribution is 2.17. The van der Waals surface area contributed by atoms with Crippen molar-refractivity contribution in [1.82, 2.24) is 9.80 Å². The molecule has 0 aromatic rings. The van der Waals surface area contributed by atoms with Crippen molar-refractivity contribution in [3.63, 3.8) is 0 Å². The van der Waals surface area contributed by atoms with Gasteiger partial charge in [0.1, 0.15) is 6.67 Å². The van der Waals surface area contributed by atoms with E-state index >= 15 is 0 Å². The Morgan fingerprint density at radius 3 is 2.05 bits per heavy atom. The molecule has 0 saturated heterocycles. The number of nitrogens with zero attached hydrogens (tertiary/aromatic N) is 2. The SMILES string of the molecule is CC/C=C(\C=C(\C)CF)CN(C)C(CC)CC(CC)N(C)C. The second kappa shape index (κ2) is 11.8. The van der Waals surface area contributed by atoms with Crippen LogP contribution in [-0.4, -0.2) is 56.2 Å². The fraction of sp³-hybridized carbons (Fsp3) is 0.789. The third-order valence-corrected chi connectivity index (χ3v) is 4.38. The number of hydrogen-bond acceptors (Lipinski definition) is 2. The van der Waals surface area contributed by atoms with Crippen molar-refractivity contribution in [2.75, 3.05) is 34.4 Å². The smallest absolute Gasteiger partial charge is 0.111 e. The number of allylic oxidation sites excluding steroid dienone is 2. The van der Waals surface area contributed by atoms with Crippen LogP contribution in [-0.2, 0) is 0 Å². The summed E-state index contributed by atoms with van der Waals surface area (Å²) in [6.45, 7) is 9.05. The zero-order valence-corrected chi connectivity index (χ0v) is 15.8. The quantitative estimate of drug-likeness (QED) is 0.511. The molecule has 2 unspecified atom stereocenters. The molecule has 0 radical (unpaired) electrons. The highest BCUT2D eigenvalue weighted by Gasteiger charge is 2.19. The third-order valence-electron chi connectivity index (χ3n) is 4.38. The molecule has 0 amide bonds. The predicted molar refractivity (Wildman–Crippen MR) is 97.2 cm³/mol. The first-order valence-electron chi connectivity index (χ1n) is 8.68. The van der Waals surface area contributed by atoms with Gasteiger partial charge in [-0.3, -0.25) is 4.90 Å². The van der Waals surface area contributed by atoms with Gasteiger partial charge in [0.05, 0.1) is 0 Å². The lowest BCUT2D eigenvalue weighted by Crippen LogP contribution is -2.39. The lowest BCUT2D eigenvalue weighted by molar-refractivity contribution is 0.176. The minimum atomic E-state index is -0.361. The van der Waals surface area contributed by atoms with Gasteiger partial charge < -0.3 is 4.90 Å². The van der Waals surface area contributed by atoms with Gasteiger partial charge >= 0.3 is 0 Å². The molecule has 130 valence electrons. The Balaban J connectivity index is 4.87. The maximum absolute atomic E-state index is 12.7. The molecule has 0 aliphatic carbocycles. The van der Waals surface area contributed by atoms with Crippen LogP contribution in [0.15, 0.2) is 23.3 Å². The first-order chi connectivity index (χ1) is 10.4. The van der Waals surface area contributed by atoms with Crippen LogP contribution in [0.5, 0.6) is 0 Å². The molecule has 0 N–H and O–H groups in total. The second-order valence-electron chi connectivity index (χ2n) is 6.55. The fourth-order valence-corrected chi connectivity index (χ4v) is 2.92. The Morgan fingerprint density at radius 2 is 1.64 bits per heavy atom. The standard InChI is InChI=1S/C19H37FN2/c1-8-11-17(12-16(4)14-20)15-22(7)19(10-3)13-18(9-2)21(5)6/h11-12,18-19H,8-10,13-15H2,1-7H3/b16-12-,17-11+. The van der Waals surface area contributed by atoms with Gasteiger partial charge in [0.2, 0.25) is 0 Å². The fourth-order valence-electron chi connectivity index (χ4n) is 2.92. The predicted octanol–water partition coefficient (Wildman–Crippen LogP) is 4.68. The van der Waals surface area contributed by atoms with Crippen molar-refractivity contribution in [1.29, 1.82) is 0 Å². The van der Waals surface area contributed by atoms with Crippen molar-refractivity contribution in [3.8, 4) is 0 Å². The van der Waals surface area contributed by atoms with Crippen molar-refractivity contribution < 1.29 is 4.39 Å². The van der Waals surface area contributed by atoms with Crippen LogP contribution in [0.25, 0.3) is 0 Å². The highest BCUT2D eigenvalue weighted by molar-refractivity contribution is 5.24. The van der Waals surface area contributed by atoms with Gasteiger partial charge in [-0.15, -0.1) is 0 Å². The van der Waals surface area contributed by atoms with Crippen molar-refractivity contribution >= 4 is 0 Å². The summed E-state index contributed by atoms with van der Waals surface area (Å²) in [5, 5.41) is 0. The molecule has 2 atom stereocenters. The summed E-state index contributed by atoms with van der Waals surface area (Å²) in [6, 6.07) is 1.18. The van der Waals surface area contributed by atoms with E-state index in [1.165, 1.54) is 18.4 Å². The van der Waals surface area contributed by atoms with Gasteiger partial charge in [-0.1, -0.05) is 32.9 Å². The number of alkyl halides is 1. The topological polar surface area (TPSA) is 6.48 Å². The van der Waals surface area contributed by atoms with E-state index in [2.05, 4.69) is 57.8 Å². The maximum Gasteiger partial charge on any atom is 0.111 e. The largest absolute Gasteiger partial charge is 0.306 e. The van der Waals surface area contributed by atoms with Gasteiger partial charge in [-0.05, 0) is 64.9 Å². The molecule has 22 heavy (non-hydrogen) atoms. The maximum atomic E-state index is 12.7. The van der Waals surface area contributed by atoms with Crippen molar-refractivity contribution in [2.45, 2.75) is 65.5 Å². The van der Waals surface area contributed by atoms with Crippen LogP contribution in [0.3, 0.4) is 0 Å². The zero-order chi connectivity index (χ0) is 17.1. The van der Waals surface area contributed by atoms with Crippen LogP contribution in [0.1, 0.15) is 53.4 Å². The Kier molecular flexibility index (Phi) is 11.5. The van der Waals surface area contributed by atoms with E-state index < -0.39 is 0 Å². The monoisotopic (exact) mass is 312 g/mol. The Morgan fingerprint density at radius 1 is 1.05 bits per heavy atom. The van der Waals surface area contributed by atoms with Crippen LogP contribution >= 0.6 is 0 Å². The van der Waals surface area contributed by atoms with Crippen LogP contribution in [0, 0.1) is 0 Å². The summed E-state index contributed by atoms with van der Waals surface area (Å²) in [6.07, 6.45) is 8.72. The van der Waals surface area contributed by atoms with Gasteiger partial charge in [-0.25, -0.2) is 4.39 Å². The number of halogens is 1. The van der Waals surface area contributed by atoms with Gasteiger partial charge in [-0.2, -0.15) is 0 Å². The van der Waals surface area contributed by atoms with E-state index in [1.807, 2.05) is 13.0 Å². The van der Waals surface area contributed by atoms with Crippen molar-refractivity contribution in [3.05, 3.63) is 23.3 Å². The zero-order valence-electron chi connectivity index (χ0n) is 15.8. The van der Waals surface area contributed by atoms with Crippen LogP contribution in [0.4, 0.5) is 4.39 Å². The summed E-state index contributed by atoms with van der Waals surface area (Å²) < 4.78 is 12.7. The highest BCUT2D eigenvalue weighted by atomic mass is 19.1. The Hall–Kier alpha value is -0.670. The number of likely N-dealkylation sites (N-methyl/N-ethyl adjacent to an activating group) is 1. The van der Waals surface area contributed by atoms with E-state index in [4.69, 9.17) is 0 Å². The summed E-state index contributed by atoms with van der Waals surface area (Å²) in [5.41, 5.74) is 2.04. The summed E-state index contributed by atoms with van der Waals surface area (Å²) in [7, 11) is 6.52. The first kappa shape index (κ1) is 21.3. The van der Waals surface area contributed by atoms with Gasteiger partial charge in [0, 0.05) is 18.6 Å². The molecule has 0 fully saturated rings. The van der Waals surface area contributed by atoms with E-state index in [-0.39, 0.29) is 6.67 Å². The molecule has 0 heterocycles. The molecular weight excluding hydrogens is 275 g/mol. The van der Waals surface area contributed by atoms with E-state index in [0.29, 0.717) is 12.1 Å². The summed E-state index contributed by atoms with van der Waals surface area (Å²) in [5.74, 6) is 0. The lowest BCUT2D eigenvalue weighted by Gasteiger charge is -2.33. The molecule has 0 aliphatic rings. The Bertz CT molecular complexity index is 347. The van der Waals surface area contributed by atoms with Crippen molar-refractivity contribution in [2.24, 2.45) is 0 Å². The average Bonchev–Trinajstić information content (AvgIpc) is 2.47. The molecule has 0 rings (SSSR count). The Labute approximate surface area is 138 Å². The van der Waals surface area contributed by atoms with Crippen LogP contribution < -0.4 is 0 Å². The second-order valence-corrected chi connectivity index (χ2v) is 6.55.